The molecule has 7 nitrogen and oxygen atoms in total. The highest BCUT2D eigenvalue weighted by molar-refractivity contribution is 6.30. The van der Waals surface area contributed by atoms with E-state index in [-0.39, 0.29) is 11.8 Å². The summed E-state index contributed by atoms with van der Waals surface area (Å²) in [6.07, 6.45) is 4.14. The summed E-state index contributed by atoms with van der Waals surface area (Å²) >= 11 is 5.84. The Balaban J connectivity index is 1.24. The molecular formula is C22H24ClN5O2. The van der Waals surface area contributed by atoms with Gasteiger partial charge < -0.3 is 14.5 Å². The molecule has 1 amide bonds. The molecule has 1 atom stereocenters. The van der Waals surface area contributed by atoms with E-state index in [0.29, 0.717) is 29.1 Å². The normalized spacial score (nSPS) is 19.5. The quantitative estimate of drug-likeness (QED) is 0.731. The van der Waals surface area contributed by atoms with Gasteiger partial charge in [0.2, 0.25) is 11.8 Å². The smallest absolute Gasteiger partial charge is 0.225 e. The van der Waals surface area contributed by atoms with Gasteiger partial charge in [-0.15, -0.1) is 0 Å². The van der Waals surface area contributed by atoms with Crippen LogP contribution in [0.4, 0.5) is 5.82 Å². The van der Waals surface area contributed by atoms with E-state index in [9.17, 15) is 4.79 Å². The number of anilines is 1. The molecule has 2 aliphatic rings. The Morgan fingerprint density at radius 1 is 1.20 bits per heavy atom. The van der Waals surface area contributed by atoms with E-state index in [0.717, 1.165) is 51.3 Å². The molecule has 156 valence electrons. The highest BCUT2D eigenvalue weighted by Gasteiger charge is 2.33. The number of carbonyl (C=O) groups is 1. The summed E-state index contributed by atoms with van der Waals surface area (Å²) in [5.74, 6) is 2.00. The number of halogens is 1. The Morgan fingerprint density at radius 3 is 2.77 bits per heavy atom. The van der Waals surface area contributed by atoms with Crippen molar-refractivity contribution in [1.82, 2.24) is 14.9 Å². The van der Waals surface area contributed by atoms with Gasteiger partial charge in [-0.1, -0.05) is 17.7 Å². The lowest BCUT2D eigenvalue weighted by Gasteiger charge is -2.34. The number of rotatable bonds is 5. The first-order chi connectivity index (χ1) is 14.6. The van der Waals surface area contributed by atoms with Gasteiger partial charge in [-0.2, -0.15) is 5.26 Å². The maximum Gasteiger partial charge on any atom is 0.225 e. The average Bonchev–Trinajstić information content (AvgIpc) is 3.27. The van der Waals surface area contributed by atoms with Crippen molar-refractivity contribution in [3.8, 4) is 11.9 Å². The van der Waals surface area contributed by atoms with Crippen molar-refractivity contribution >= 4 is 23.3 Å². The van der Waals surface area contributed by atoms with E-state index < -0.39 is 0 Å². The first kappa shape index (κ1) is 20.4. The van der Waals surface area contributed by atoms with Gasteiger partial charge in [0, 0.05) is 50.3 Å². The first-order valence-electron chi connectivity index (χ1n) is 10.3. The number of piperidine rings is 1. The fourth-order valence-electron chi connectivity index (χ4n) is 4.10. The van der Waals surface area contributed by atoms with Crippen LogP contribution >= 0.6 is 11.6 Å². The van der Waals surface area contributed by atoms with E-state index in [1.165, 1.54) is 0 Å². The molecule has 2 aromatic heterocycles. The summed E-state index contributed by atoms with van der Waals surface area (Å²) in [7, 11) is 0. The number of nitriles is 1. The van der Waals surface area contributed by atoms with Gasteiger partial charge in [-0.3, -0.25) is 4.79 Å². The van der Waals surface area contributed by atoms with E-state index in [1.807, 2.05) is 17.0 Å². The number of likely N-dealkylation sites (tertiary alicyclic amines) is 1. The summed E-state index contributed by atoms with van der Waals surface area (Å²) in [5, 5.41) is 9.62. The molecule has 0 saturated carbocycles. The van der Waals surface area contributed by atoms with Crippen LogP contribution in [-0.4, -0.2) is 53.6 Å². The van der Waals surface area contributed by atoms with Crippen molar-refractivity contribution < 1.29 is 9.53 Å². The maximum atomic E-state index is 13.0. The van der Waals surface area contributed by atoms with Gasteiger partial charge in [0.05, 0.1) is 11.6 Å². The molecule has 2 fully saturated rings. The zero-order valence-corrected chi connectivity index (χ0v) is 17.5. The fraction of sp³-hybridized carbons (Fsp3) is 0.455. The van der Waals surface area contributed by atoms with Crippen LogP contribution in [0.3, 0.4) is 0 Å². The van der Waals surface area contributed by atoms with Gasteiger partial charge in [-0.05, 0) is 37.5 Å². The zero-order chi connectivity index (χ0) is 20.9. The van der Waals surface area contributed by atoms with E-state index in [2.05, 4.69) is 20.9 Å². The Labute approximate surface area is 181 Å². The topological polar surface area (TPSA) is 82.4 Å². The Hall–Kier alpha value is -2.85. The third-order valence-electron chi connectivity index (χ3n) is 5.78. The average molecular weight is 426 g/mol. The third kappa shape index (κ3) is 4.82. The third-order valence-corrected chi connectivity index (χ3v) is 6.01. The highest BCUT2D eigenvalue weighted by atomic mass is 35.5. The molecule has 0 aliphatic carbocycles. The van der Waals surface area contributed by atoms with Crippen LogP contribution in [0.25, 0.3) is 0 Å². The lowest BCUT2D eigenvalue weighted by molar-refractivity contribution is -0.135. The number of carbonyl (C=O) groups excluding carboxylic acids is 1. The molecule has 2 aliphatic heterocycles. The number of ether oxygens (including phenoxy) is 1. The summed E-state index contributed by atoms with van der Waals surface area (Å²) in [6.45, 7) is 3.63. The fourth-order valence-corrected chi connectivity index (χ4v) is 4.21. The molecule has 1 unspecified atom stereocenters. The van der Waals surface area contributed by atoms with Crippen LogP contribution in [0, 0.1) is 23.2 Å². The summed E-state index contributed by atoms with van der Waals surface area (Å²) in [5.41, 5.74) is 0.421. The summed E-state index contributed by atoms with van der Waals surface area (Å²) in [6, 6.07) is 11.1. The monoisotopic (exact) mass is 425 g/mol. The minimum atomic E-state index is 0.0537. The minimum absolute atomic E-state index is 0.0537. The molecule has 0 bridgehead atoms. The van der Waals surface area contributed by atoms with Crippen LogP contribution in [-0.2, 0) is 4.79 Å². The molecule has 2 aromatic rings. The van der Waals surface area contributed by atoms with Crippen LogP contribution in [0.2, 0.25) is 5.02 Å². The molecule has 0 spiro atoms. The Morgan fingerprint density at radius 2 is 2.03 bits per heavy atom. The number of hydrogen-bond acceptors (Lipinski definition) is 6. The number of hydrogen-bond donors (Lipinski definition) is 0. The van der Waals surface area contributed by atoms with Crippen molar-refractivity contribution in [1.29, 1.82) is 5.26 Å². The van der Waals surface area contributed by atoms with Crippen molar-refractivity contribution in [3.63, 3.8) is 0 Å². The predicted molar refractivity (Wildman–Crippen MR) is 113 cm³/mol. The van der Waals surface area contributed by atoms with E-state index >= 15 is 0 Å². The van der Waals surface area contributed by atoms with Gasteiger partial charge in [0.25, 0.3) is 0 Å². The minimum Gasteiger partial charge on any atom is -0.477 e. The number of pyridine rings is 2. The van der Waals surface area contributed by atoms with Crippen molar-refractivity contribution in [2.45, 2.75) is 19.3 Å². The maximum absolute atomic E-state index is 13.0. The van der Waals surface area contributed by atoms with Crippen LogP contribution in [0.1, 0.15) is 25.0 Å². The molecule has 0 N–H and O–H groups in total. The van der Waals surface area contributed by atoms with Crippen molar-refractivity contribution in [2.24, 2.45) is 11.8 Å². The highest BCUT2D eigenvalue weighted by Crippen LogP contribution is 2.26. The number of nitrogens with zero attached hydrogens (tertiary/aromatic N) is 5. The Bertz CT molecular complexity index is 922. The van der Waals surface area contributed by atoms with Crippen LogP contribution in [0.15, 0.2) is 36.5 Å². The number of aromatic nitrogens is 2. The molecule has 8 heteroatoms. The molecule has 0 aromatic carbocycles. The Kier molecular flexibility index (Phi) is 6.34. The van der Waals surface area contributed by atoms with Crippen molar-refractivity contribution in [3.05, 3.63) is 47.2 Å². The summed E-state index contributed by atoms with van der Waals surface area (Å²) < 4.78 is 5.76. The molecular weight excluding hydrogens is 402 g/mol. The van der Waals surface area contributed by atoms with E-state index in [1.54, 1.807) is 24.4 Å². The molecule has 0 radical (unpaired) electrons. The number of amides is 1. The summed E-state index contributed by atoms with van der Waals surface area (Å²) in [4.78, 5) is 25.6. The second kappa shape index (κ2) is 9.31. The second-order valence-corrected chi connectivity index (χ2v) is 8.26. The SMILES string of the molecule is N#Cc1cccc(N2CCC(C(=O)N3CCC(COc4ccc(Cl)cn4)C3)CC2)n1. The largest absolute Gasteiger partial charge is 0.477 e. The van der Waals surface area contributed by atoms with Gasteiger partial charge >= 0.3 is 0 Å². The first-order valence-corrected chi connectivity index (χ1v) is 10.7. The lowest BCUT2D eigenvalue weighted by atomic mass is 9.95. The second-order valence-electron chi connectivity index (χ2n) is 7.82. The molecule has 4 heterocycles. The standard InChI is InChI=1S/C22H24ClN5O2/c23-18-4-5-21(25-13-18)30-15-16-6-9-28(14-16)22(29)17-7-10-27(11-8-17)20-3-1-2-19(12-24)26-20/h1-5,13,16-17H,6-11,14-15H2. The van der Waals surface area contributed by atoms with Crippen LogP contribution < -0.4 is 9.64 Å². The van der Waals surface area contributed by atoms with E-state index in [4.69, 9.17) is 21.6 Å². The zero-order valence-electron chi connectivity index (χ0n) is 16.7. The van der Waals surface area contributed by atoms with Gasteiger partial charge in [0.15, 0.2) is 0 Å². The van der Waals surface area contributed by atoms with Crippen molar-refractivity contribution in [2.75, 3.05) is 37.7 Å². The molecule has 4 rings (SSSR count). The molecule has 2 saturated heterocycles. The molecule has 30 heavy (non-hydrogen) atoms. The lowest BCUT2D eigenvalue weighted by Crippen LogP contribution is -2.42. The van der Waals surface area contributed by atoms with Gasteiger partial charge in [0.1, 0.15) is 17.6 Å². The van der Waals surface area contributed by atoms with Gasteiger partial charge in [-0.25, -0.2) is 9.97 Å². The predicted octanol–water partition coefficient (Wildman–Crippen LogP) is 3.15. The van der Waals surface area contributed by atoms with Crippen LogP contribution in [0.5, 0.6) is 5.88 Å².